The number of carbonyl (C=O) groups is 1. The van der Waals surface area contributed by atoms with Gasteiger partial charge in [0.05, 0.1) is 35.1 Å². The van der Waals surface area contributed by atoms with Crippen molar-refractivity contribution in [3.63, 3.8) is 0 Å². The number of nitrogens with zero attached hydrogens (tertiary/aromatic N) is 4. The lowest BCUT2D eigenvalue weighted by Gasteiger charge is -2.37. The number of carbonyl (C=O) groups excluding carboxylic acids is 1. The Morgan fingerprint density at radius 3 is 2.48 bits per heavy atom. The molecular weight excluding hydrogens is 338 g/mol. The molecule has 1 saturated heterocycles. The first kappa shape index (κ1) is 19.1. The van der Waals surface area contributed by atoms with Crippen LogP contribution in [0.1, 0.15) is 36.7 Å². The fourth-order valence-corrected chi connectivity index (χ4v) is 3.88. The van der Waals surface area contributed by atoms with Gasteiger partial charge in [-0.25, -0.2) is 0 Å². The Balaban J connectivity index is 1.60. The number of anilines is 1. The molecule has 0 bridgehead atoms. The number of aryl methyl sites for hydroxylation is 2. The average molecular weight is 365 g/mol. The fraction of sp³-hybridized carbons (Fsp3) is 0.476. The summed E-state index contributed by atoms with van der Waals surface area (Å²) in [6.07, 6.45) is 1.49. The zero-order chi connectivity index (χ0) is 19.4. The van der Waals surface area contributed by atoms with Gasteiger partial charge >= 0.3 is 0 Å². The highest BCUT2D eigenvalue weighted by atomic mass is 16.2. The molecule has 0 unspecified atom stereocenters. The summed E-state index contributed by atoms with van der Waals surface area (Å²) in [6.45, 7) is 8.52. The topological polar surface area (TPSA) is 74.0 Å². The van der Waals surface area contributed by atoms with Crippen LogP contribution >= 0.6 is 0 Å². The van der Waals surface area contributed by atoms with Crippen LogP contribution in [0.4, 0.5) is 5.69 Å². The molecule has 2 aromatic rings. The fourth-order valence-electron chi connectivity index (χ4n) is 3.88. The number of benzene rings is 1. The maximum atomic E-state index is 12.5. The van der Waals surface area contributed by atoms with Crippen molar-refractivity contribution < 1.29 is 4.79 Å². The van der Waals surface area contributed by atoms with E-state index in [0.29, 0.717) is 6.54 Å². The summed E-state index contributed by atoms with van der Waals surface area (Å²) >= 11 is 0. The van der Waals surface area contributed by atoms with Gasteiger partial charge in [0.15, 0.2) is 0 Å². The number of piperidine rings is 1. The minimum absolute atomic E-state index is 0.0268. The van der Waals surface area contributed by atoms with Crippen LogP contribution in [0.3, 0.4) is 0 Å². The van der Waals surface area contributed by atoms with Crippen molar-refractivity contribution in [2.24, 2.45) is 0 Å². The molecule has 1 aromatic heterocycles. The van der Waals surface area contributed by atoms with Crippen molar-refractivity contribution in [3.8, 4) is 6.07 Å². The first-order chi connectivity index (χ1) is 13.0. The smallest absolute Gasteiger partial charge is 0.238 e. The lowest BCUT2D eigenvalue weighted by molar-refractivity contribution is -0.117. The van der Waals surface area contributed by atoms with E-state index in [-0.39, 0.29) is 5.91 Å². The van der Waals surface area contributed by atoms with E-state index in [1.54, 1.807) is 0 Å². The van der Waals surface area contributed by atoms with Crippen LogP contribution in [0, 0.1) is 25.2 Å². The van der Waals surface area contributed by atoms with Crippen LogP contribution < -0.4 is 5.32 Å². The van der Waals surface area contributed by atoms with Gasteiger partial charge in [-0.2, -0.15) is 10.4 Å². The van der Waals surface area contributed by atoms with Crippen molar-refractivity contribution in [2.45, 2.75) is 45.6 Å². The molecule has 1 fully saturated rings. The Kier molecular flexibility index (Phi) is 5.62. The molecule has 6 heteroatoms. The summed E-state index contributed by atoms with van der Waals surface area (Å²) in [5.41, 5.74) is 3.27. The van der Waals surface area contributed by atoms with E-state index in [2.05, 4.69) is 21.4 Å². The van der Waals surface area contributed by atoms with Crippen LogP contribution in [-0.2, 0) is 16.8 Å². The van der Waals surface area contributed by atoms with Gasteiger partial charge in [0.2, 0.25) is 5.91 Å². The minimum Gasteiger partial charge on any atom is -0.322 e. The molecule has 2 heterocycles. The summed E-state index contributed by atoms with van der Waals surface area (Å²) in [4.78, 5) is 14.7. The van der Waals surface area contributed by atoms with E-state index in [0.717, 1.165) is 55.1 Å². The first-order valence-electron chi connectivity index (χ1n) is 9.52. The van der Waals surface area contributed by atoms with Crippen LogP contribution in [0.2, 0.25) is 0 Å². The van der Waals surface area contributed by atoms with Gasteiger partial charge in [-0.3, -0.25) is 14.4 Å². The zero-order valence-electron chi connectivity index (χ0n) is 16.3. The van der Waals surface area contributed by atoms with Gasteiger partial charge in [0, 0.05) is 19.6 Å². The Morgan fingerprint density at radius 1 is 1.26 bits per heavy atom. The second-order valence-corrected chi connectivity index (χ2v) is 7.25. The second-order valence-electron chi connectivity index (χ2n) is 7.25. The molecule has 1 aromatic carbocycles. The summed E-state index contributed by atoms with van der Waals surface area (Å²) < 4.78 is 1.90. The van der Waals surface area contributed by atoms with E-state index in [9.17, 15) is 10.1 Å². The quantitative estimate of drug-likeness (QED) is 0.884. The normalized spacial score (nSPS) is 16.7. The van der Waals surface area contributed by atoms with Gasteiger partial charge in [-0.1, -0.05) is 30.3 Å². The predicted molar refractivity (Wildman–Crippen MR) is 105 cm³/mol. The Hall–Kier alpha value is -2.65. The number of hydrogen-bond acceptors (Lipinski definition) is 4. The third-order valence-electron chi connectivity index (χ3n) is 5.56. The monoisotopic (exact) mass is 365 g/mol. The lowest BCUT2D eigenvalue weighted by Crippen LogP contribution is -2.44. The molecule has 1 N–H and O–H groups in total. The molecule has 27 heavy (non-hydrogen) atoms. The van der Waals surface area contributed by atoms with Crippen LogP contribution in [0.5, 0.6) is 0 Å². The van der Waals surface area contributed by atoms with Crippen LogP contribution in [0.25, 0.3) is 0 Å². The average Bonchev–Trinajstić information content (AvgIpc) is 2.97. The maximum Gasteiger partial charge on any atom is 0.238 e. The van der Waals surface area contributed by atoms with E-state index < -0.39 is 5.41 Å². The Labute approximate surface area is 160 Å². The molecular formula is C21H27N5O. The highest BCUT2D eigenvalue weighted by Crippen LogP contribution is 2.34. The minimum atomic E-state index is -0.441. The Morgan fingerprint density at radius 2 is 1.93 bits per heavy atom. The molecule has 0 spiro atoms. The Bertz CT molecular complexity index is 841. The lowest BCUT2D eigenvalue weighted by atomic mass is 9.74. The number of likely N-dealkylation sites (tertiary alicyclic amines) is 1. The van der Waals surface area contributed by atoms with E-state index >= 15 is 0 Å². The van der Waals surface area contributed by atoms with E-state index in [1.165, 1.54) is 0 Å². The molecule has 1 aliphatic heterocycles. The van der Waals surface area contributed by atoms with Crippen molar-refractivity contribution in [3.05, 3.63) is 47.3 Å². The van der Waals surface area contributed by atoms with E-state index in [1.807, 2.05) is 55.8 Å². The number of nitrogens with one attached hydrogen (secondary N) is 1. The molecule has 142 valence electrons. The molecule has 1 amide bonds. The van der Waals surface area contributed by atoms with Gasteiger partial charge in [-0.15, -0.1) is 0 Å². The third kappa shape index (κ3) is 3.88. The third-order valence-corrected chi connectivity index (χ3v) is 5.56. The van der Waals surface area contributed by atoms with Crippen molar-refractivity contribution in [2.75, 3.05) is 25.0 Å². The summed E-state index contributed by atoms with van der Waals surface area (Å²) in [6, 6.07) is 12.5. The molecule has 3 rings (SSSR count). The van der Waals surface area contributed by atoms with Crippen LogP contribution in [-0.4, -0.2) is 40.2 Å². The van der Waals surface area contributed by atoms with Crippen molar-refractivity contribution >= 4 is 11.6 Å². The number of rotatable bonds is 5. The van der Waals surface area contributed by atoms with Gasteiger partial charge in [0.1, 0.15) is 0 Å². The largest absolute Gasteiger partial charge is 0.322 e. The zero-order valence-corrected chi connectivity index (χ0v) is 16.3. The highest BCUT2D eigenvalue weighted by molar-refractivity contribution is 5.93. The molecule has 0 aliphatic carbocycles. The predicted octanol–water partition coefficient (Wildman–Crippen LogP) is 3.02. The molecule has 0 saturated carbocycles. The number of aromatic nitrogens is 2. The second kappa shape index (κ2) is 7.93. The number of hydrogen-bond donors (Lipinski definition) is 1. The highest BCUT2D eigenvalue weighted by Gasteiger charge is 2.36. The van der Waals surface area contributed by atoms with Gasteiger partial charge < -0.3 is 5.32 Å². The number of amides is 1. The SMILES string of the molecule is CCn1nc(C)c(NC(=O)CN2CCC(C#N)(c3ccccc3)CC2)c1C. The molecule has 0 atom stereocenters. The number of nitriles is 1. The van der Waals surface area contributed by atoms with Crippen LogP contribution in [0.15, 0.2) is 30.3 Å². The van der Waals surface area contributed by atoms with Gasteiger partial charge in [-0.05, 0) is 39.2 Å². The van der Waals surface area contributed by atoms with E-state index in [4.69, 9.17) is 0 Å². The van der Waals surface area contributed by atoms with Crippen molar-refractivity contribution in [1.29, 1.82) is 5.26 Å². The van der Waals surface area contributed by atoms with Gasteiger partial charge in [0.25, 0.3) is 0 Å². The summed E-state index contributed by atoms with van der Waals surface area (Å²) in [7, 11) is 0. The molecule has 0 radical (unpaired) electrons. The molecule has 1 aliphatic rings. The standard InChI is InChI=1S/C21H27N5O/c1-4-26-17(3)20(16(2)24-26)23-19(27)14-25-12-10-21(15-22,11-13-25)18-8-6-5-7-9-18/h5-9H,4,10-14H2,1-3H3,(H,23,27). The first-order valence-corrected chi connectivity index (χ1v) is 9.52. The summed E-state index contributed by atoms with van der Waals surface area (Å²) in [5, 5.41) is 17.3. The van der Waals surface area contributed by atoms with Crippen molar-refractivity contribution in [1.82, 2.24) is 14.7 Å². The summed E-state index contributed by atoms with van der Waals surface area (Å²) in [5.74, 6) is -0.0268. The maximum absolute atomic E-state index is 12.5. The molecule has 6 nitrogen and oxygen atoms in total.